The van der Waals surface area contributed by atoms with E-state index >= 15 is 0 Å². The largest absolute Gasteiger partial charge is 0.397 e. The Morgan fingerprint density at radius 2 is 1.60 bits per heavy atom. The van der Waals surface area contributed by atoms with Crippen LogP contribution in [0.15, 0.2) is 72.8 Å². The van der Waals surface area contributed by atoms with Crippen LogP contribution in [0.5, 0.6) is 0 Å². The van der Waals surface area contributed by atoms with Crippen LogP contribution in [-0.2, 0) is 31.1 Å². The molecule has 3 aromatic carbocycles. The summed E-state index contributed by atoms with van der Waals surface area (Å²) in [5.41, 5.74) is 3.89. The first-order valence-electron chi connectivity index (χ1n) is 17.0. The lowest BCUT2D eigenvalue weighted by Crippen LogP contribution is -2.56. The molecule has 0 aliphatic carbocycles. The van der Waals surface area contributed by atoms with Crippen molar-refractivity contribution >= 4 is 52.5 Å². The second-order valence-electron chi connectivity index (χ2n) is 12.5. The molecule has 0 aromatic heterocycles. The fraction of sp³-hybridized carbons (Fsp3) is 0.385. The molecule has 1 spiro atoms. The monoisotopic (exact) mass is 773 g/mol. The van der Waals surface area contributed by atoms with Gasteiger partial charge in [0.15, 0.2) is 0 Å². The first-order valence-corrected chi connectivity index (χ1v) is 17.8. The van der Waals surface area contributed by atoms with E-state index in [-0.39, 0.29) is 11.4 Å². The molecule has 5 rings (SSSR count). The van der Waals surface area contributed by atoms with Gasteiger partial charge in [0.05, 0.1) is 22.0 Å². The van der Waals surface area contributed by atoms with Gasteiger partial charge in [0.25, 0.3) is 0 Å². The number of piperidine rings is 1. The Morgan fingerprint density at radius 1 is 0.962 bits per heavy atom. The molecule has 0 saturated carbocycles. The van der Waals surface area contributed by atoms with Crippen LogP contribution in [0.25, 0.3) is 0 Å². The molecular weight excluding hydrogens is 730 g/mol. The van der Waals surface area contributed by atoms with E-state index in [1.54, 1.807) is 24.3 Å². The van der Waals surface area contributed by atoms with E-state index in [2.05, 4.69) is 45.6 Å². The molecule has 53 heavy (non-hydrogen) atoms. The second-order valence-corrected chi connectivity index (χ2v) is 13.3. The number of para-hydroxylation sites is 1. The number of likely N-dealkylation sites (N-methyl/N-ethyl adjacent to an activating group) is 2. The molecule has 2 aliphatic rings. The van der Waals surface area contributed by atoms with Gasteiger partial charge in [-0.05, 0) is 61.2 Å². The number of anilines is 1. The summed E-state index contributed by atoms with van der Waals surface area (Å²) in [6.45, 7) is 5.15. The van der Waals surface area contributed by atoms with Crippen LogP contribution in [0.2, 0.25) is 10.0 Å². The van der Waals surface area contributed by atoms with Crippen molar-refractivity contribution in [1.82, 2.24) is 20.4 Å². The summed E-state index contributed by atoms with van der Waals surface area (Å²) in [7, 11) is 4.02. The Labute approximate surface area is 318 Å². The third kappa shape index (κ3) is 13.1. The molecule has 2 aliphatic heterocycles. The molecule has 14 heteroatoms. The van der Waals surface area contributed by atoms with E-state index in [1.807, 2.05) is 37.3 Å². The van der Waals surface area contributed by atoms with Crippen molar-refractivity contribution < 1.29 is 32.3 Å². The smallest absolute Gasteiger partial charge is 0.351 e. The highest BCUT2D eigenvalue weighted by atomic mass is 35.5. The summed E-state index contributed by atoms with van der Waals surface area (Å²) in [4.78, 5) is 50.1. The van der Waals surface area contributed by atoms with E-state index in [1.165, 1.54) is 37.2 Å². The van der Waals surface area contributed by atoms with Crippen LogP contribution in [0.4, 0.5) is 18.9 Å². The first kappa shape index (κ1) is 42.8. The summed E-state index contributed by atoms with van der Waals surface area (Å²) < 4.78 is 34.3. The number of carbonyl (C=O) groups is 4. The molecule has 2 N–H and O–H groups in total. The van der Waals surface area contributed by atoms with Gasteiger partial charge in [-0.1, -0.05) is 77.5 Å². The van der Waals surface area contributed by atoms with E-state index in [4.69, 9.17) is 23.2 Å². The summed E-state index contributed by atoms with van der Waals surface area (Å²) in [5, 5.41) is 6.69. The fourth-order valence-corrected chi connectivity index (χ4v) is 6.11. The third-order valence-corrected chi connectivity index (χ3v) is 9.32. The Kier molecular flexibility index (Phi) is 16.2. The SMILES string of the molecule is CCN(C(=O)C(=O)NC)c1ccccc1.CN(C)C(=O)CC(F)(F)F.O=C1Cc2ccccc2C2(CCN(CCC#Cc3ccc(Cl)c(Cl)c3)CC2)N1. The number of halogens is 5. The highest BCUT2D eigenvalue weighted by Gasteiger charge is 2.41. The number of hydrogen-bond donors (Lipinski definition) is 2. The predicted octanol–water partition coefficient (Wildman–Crippen LogP) is 6.21. The summed E-state index contributed by atoms with van der Waals surface area (Å²) >= 11 is 12.0. The van der Waals surface area contributed by atoms with Crippen molar-refractivity contribution in [2.24, 2.45) is 0 Å². The fourth-order valence-electron chi connectivity index (χ4n) is 5.81. The van der Waals surface area contributed by atoms with Gasteiger partial charge in [0, 0.05) is 65.0 Å². The van der Waals surface area contributed by atoms with Crippen molar-refractivity contribution in [3.63, 3.8) is 0 Å². The number of benzene rings is 3. The lowest BCUT2D eigenvalue weighted by Gasteiger charge is -2.45. The molecule has 1 saturated heterocycles. The summed E-state index contributed by atoms with van der Waals surface area (Å²) in [5.74, 6) is 4.46. The summed E-state index contributed by atoms with van der Waals surface area (Å²) in [6.07, 6.45) is -2.59. The number of amides is 4. The van der Waals surface area contributed by atoms with Crippen LogP contribution >= 0.6 is 23.2 Å². The molecule has 0 atom stereocenters. The van der Waals surface area contributed by atoms with Crippen molar-refractivity contribution in [2.45, 2.75) is 50.7 Å². The lowest BCUT2D eigenvalue weighted by molar-refractivity contribution is -0.159. The van der Waals surface area contributed by atoms with Crippen molar-refractivity contribution in [2.75, 3.05) is 52.2 Å². The topological polar surface area (TPSA) is 102 Å². The Bertz CT molecular complexity index is 1790. The molecule has 0 radical (unpaired) electrons. The minimum Gasteiger partial charge on any atom is -0.351 e. The van der Waals surface area contributed by atoms with E-state index < -0.39 is 30.3 Å². The van der Waals surface area contributed by atoms with Crippen LogP contribution in [0, 0.1) is 11.8 Å². The molecular formula is C39H44Cl2F3N5O4. The quantitative estimate of drug-likeness (QED) is 0.237. The maximum Gasteiger partial charge on any atom is 0.397 e. The minimum atomic E-state index is -4.39. The van der Waals surface area contributed by atoms with Crippen LogP contribution in [0.3, 0.4) is 0 Å². The number of likely N-dealkylation sites (tertiary alicyclic amines) is 1. The Hall–Kier alpha value is -4.57. The first-order chi connectivity index (χ1) is 25.1. The second kappa shape index (κ2) is 20.0. The van der Waals surface area contributed by atoms with Gasteiger partial charge in [-0.15, -0.1) is 0 Å². The standard InChI is InChI=1S/C23H22Cl2N2O.C11H14N2O2.C5H8F3NO/c24-20-9-8-17(15-21(20)25)5-3-4-12-27-13-10-23(11-14-27)19-7-2-1-6-18(19)16-22(28)26-23;1-3-13(11(15)10(14)12-2)9-7-5-4-6-8-9;1-9(2)4(10)3-5(6,7)8/h1-2,6-9,15H,4,10-14,16H2,(H,26,28);4-8H,3H2,1-2H3,(H,12,14);3H2,1-2H3. The van der Waals surface area contributed by atoms with Gasteiger partial charge < -0.3 is 25.3 Å². The minimum absolute atomic E-state index is 0.139. The average Bonchev–Trinajstić information content (AvgIpc) is 3.12. The number of nitrogens with zero attached hydrogens (tertiary/aromatic N) is 3. The van der Waals surface area contributed by atoms with Crippen LogP contribution < -0.4 is 15.5 Å². The number of alkyl halides is 3. The Morgan fingerprint density at radius 3 is 2.17 bits per heavy atom. The van der Waals surface area contributed by atoms with Gasteiger partial charge in [-0.3, -0.25) is 19.2 Å². The van der Waals surface area contributed by atoms with Crippen LogP contribution in [0.1, 0.15) is 49.3 Å². The zero-order chi connectivity index (χ0) is 39.2. The van der Waals surface area contributed by atoms with Gasteiger partial charge in [0.2, 0.25) is 11.8 Å². The molecule has 0 bridgehead atoms. The van der Waals surface area contributed by atoms with Gasteiger partial charge in [-0.25, -0.2) is 0 Å². The van der Waals surface area contributed by atoms with Crippen molar-refractivity contribution in [3.8, 4) is 11.8 Å². The molecule has 2 heterocycles. The molecule has 0 unspecified atom stereocenters. The van der Waals surface area contributed by atoms with E-state index in [0.29, 0.717) is 23.0 Å². The highest BCUT2D eigenvalue weighted by Crippen LogP contribution is 2.37. The molecule has 1 fully saturated rings. The highest BCUT2D eigenvalue weighted by molar-refractivity contribution is 6.42. The predicted molar refractivity (Wildman–Crippen MR) is 201 cm³/mol. The summed E-state index contributed by atoms with van der Waals surface area (Å²) in [6, 6.07) is 22.9. The third-order valence-electron chi connectivity index (χ3n) is 8.58. The number of fused-ring (bicyclic) bond motifs is 2. The van der Waals surface area contributed by atoms with Crippen molar-refractivity contribution in [3.05, 3.63) is 99.5 Å². The lowest BCUT2D eigenvalue weighted by atomic mass is 9.75. The number of carbonyl (C=O) groups excluding carboxylic acids is 4. The average molecular weight is 775 g/mol. The number of nitrogens with one attached hydrogen (secondary N) is 2. The van der Waals surface area contributed by atoms with Gasteiger partial charge in [0.1, 0.15) is 6.42 Å². The normalized spacial score (nSPS) is 14.4. The van der Waals surface area contributed by atoms with Crippen LogP contribution in [-0.4, -0.2) is 86.9 Å². The Balaban J connectivity index is 0.000000254. The molecule has 4 amide bonds. The van der Waals surface area contributed by atoms with Crippen molar-refractivity contribution in [1.29, 1.82) is 0 Å². The zero-order valence-corrected chi connectivity index (χ0v) is 31.7. The zero-order valence-electron chi connectivity index (χ0n) is 30.2. The maximum atomic E-state index is 12.2. The molecule has 284 valence electrons. The number of hydrogen-bond acceptors (Lipinski definition) is 5. The van der Waals surface area contributed by atoms with E-state index in [9.17, 15) is 32.3 Å². The van der Waals surface area contributed by atoms with E-state index in [0.717, 1.165) is 55.0 Å². The molecule has 9 nitrogen and oxygen atoms in total. The van der Waals surface area contributed by atoms with Gasteiger partial charge >= 0.3 is 18.0 Å². The number of rotatable bonds is 5. The molecule has 3 aromatic rings. The maximum absolute atomic E-state index is 12.2. The van der Waals surface area contributed by atoms with Gasteiger partial charge in [-0.2, -0.15) is 13.2 Å².